The summed E-state index contributed by atoms with van der Waals surface area (Å²) in [7, 11) is 0. The number of nitrogens with one attached hydrogen (secondary N) is 1. The maximum Gasteiger partial charge on any atom is 0.227 e. The molecule has 0 bridgehead atoms. The molecule has 0 aliphatic heterocycles. The summed E-state index contributed by atoms with van der Waals surface area (Å²) in [6.45, 7) is 1.99. The molecule has 0 spiro atoms. The van der Waals surface area contributed by atoms with Crippen LogP contribution in [0.2, 0.25) is 0 Å². The SMILES string of the molecule is Cc1cccc(NC(=O)C2CCC(=O)CC2)c1. The van der Waals surface area contributed by atoms with E-state index in [4.69, 9.17) is 0 Å². The number of anilines is 1. The number of aryl methyl sites for hydroxylation is 1. The van der Waals surface area contributed by atoms with Crippen LogP contribution >= 0.6 is 0 Å². The predicted octanol–water partition coefficient (Wildman–Crippen LogP) is 2.69. The fourth-order valence-corrected chi connectivity index (χ4v) is 2.17. The summed E-state index contributed by atoms with van der Waals surface area (Å²) in [6.07, 6.45) is 2.48. The van der Waals surface area contributed by atoms with Gasteiger partial charge in [0.2, 0.25) is 5.91 Å². The van der Waals surface area contributed by atoms with Crippen molar-refractivity contribution in [1.82, 2.24) is 0 Å². The van der Waals surface area contributed by atoms with Gasteiger partial charge in [0.15, 0.2) is 0 Å². The second-order valence-corrected chi connectivity index (χ2v) is 4.67. The Hall–Kier alpha value is -1.64. The summed E-state index contributed by atoms with van der Waals surface area (Å²) in [5, 5.41) is 2.92. The highest BCUT2D eigenvalue weighted by atomic mass is 16.2. The molecule has 1 N–H and O–H groups in total. The van der Waals surface area contributed by atoms with Crippen LogP contribution < -0.4 is 5.32 Å². The van der Waals surface area contributed by atoms with Crippen LogP contribution in [0.3, 0.4) is 0 Å². The molecule has 0 atom stereocenters. The first-order chi connectivity index (χ1) is 8.15. The first kappa shape index (κ1) is 11.8. The number of hydrogen-bond donors (Lipinski definition) is 1. The summed E-state index contributed by atoms with van der Waals surface area (Å²) in [5.74, 6) is 0.320. The highest BCUT2D eigenvalue weighted by Gasteiger charge is 2.24. The van der Waals surface area contributed by atoms with Gasteiger partial charge in [0, 0.05) is 24.4 Å². The van der Waals surface area contributed by atoms with Gasteiger partial charge in [-0.05, 0) is 37.5 Å². The molecule has 1 saturated carbocycles. The topological polar surface area (TPSA) is 46.2 Å². The van der Waals surface area contributed by atoms with Gasteiger partial charge in [-0.1, -0.05) is 12.1 Å². The zero-order chi connectivity index (χ0) is 12.3. The van der Waals surface area contributed by atoms with Crippen molar-refractivity contribution in [1.29, 1.82) is 0 Å². The molecule has 1 amide bonds. The average Bonchev–Trinajstić information content (AvgIpc) is 2.29. The summed E-state index contributed by atoms with van der Waals surface area (Å²) >= 11 is 0. The van der Waals surface area contributed by atoms with Crippen molar-refractivity contribution in [2.45, 2.75) is 32.6 Å². The van der Waals surface area contributed by atoms with Crippen molar-refractivity contribution < 1.29 is 9.59 Å². The van der Waals surface area contributed by atoms with Gasteiger partial charge in [-0.25, -0.2) is 0 Å². The fourth-order valence-electron chi connectivity index (χ4n) is 2.17. The maximum absolute atomic E-state index is 12.0. The molecule has 1 aromatic rings. The molecule has 0 radical (unpaired) electrons. The minimum absolute atomic E-state index is 0.00628. The lowest BCUT2D eigenvalue weighted by Crippen LogP contribution is -2.27. The van der Waals surface area contributed by atoms with E-state index in [0.717, 1.165) is 11.3 Å². The van der Waals surface area contributed by atoms with E-state index in [2.05, 4.69) is 5.32 Å². The highest BCUT2D eigenvalue weighted by Crippen LogP contribution is 2.23. The summed E-state index contributed by atoms with van der Waals surface area (Å²) < 4.78 is 0. The number of benzene rings is 1. The quantitative estimate of drug-likeness (QED) is 0.850. The molecule has 0 heterocycles. The first-order valence-corrected chi connectivity index (χ1v) is 6.04. The van der Waals surface area contributed by atoms with E-state index in [-0.39, 0.29) is 17.6 Å². The number of carbonyl (C=O) groups excluding carboxylic acids is 2. The van der Waals surface area contributed by atoms with E-state index in [1.165, 1.54) is 0 Å². The molecule has 0 unspecified atom stereocenters. The number of hydrogen-bond acceptors (Lipinski definition) is 2. The van der Waals surface area contributed by atoms with Crippen molar-refractivity contribution in [3.8, 4) is 0 Å². The third-order valence-corrected chi connectivity index (χ3v) is 3.20. The van der Waals surface area contributed by atoms with Crippen molar-refractivity contribution >= 4 is 17.4 Å². The largest absolute Gasteiger partial charge is 0.326 e. The second kappa shape index (κ2) is 5.13. The lowest BCUT2D eigenvalue weighted by molar-refractivity contribution is -0.125. The van der Waals surface area contributed by atoms with Crippen molar-refractivity contribution in [2.24, 2.45) is 5.92 Å². The number of Topliss-reactive ketones (excluding diaryl/α,β-unsaturated/α-hetero) is 1. The zero-order valence-corrected chi connectivity index (χ0v) is 10.0. The van der Waals surface area contributed by atoms with E-state index >= 15 is 0 Å². The van der Waals surface area contributed by atoms with Crippen LogP contribution in [0.1, 0.15) is 31.2 Å². The molecule has 2 rings (SSSR count). The Morgan fingerprint density at radius 1 is 1.29 bits per heavy atom. The molecule has 3 heteroatoms. The van der Waals surface area contributed by atoms with E-state index in [1.807, 2.05) is 31.2 Å². The van der Waals surface area contributed by atoms with Gasteiger partial charge in [0.1, 0.15) is 5.78 Å². The van der Waals surface area contributed by atoms with Crippen LogP contribution in [-0.2, 0) is 9.59 Å². The van der Waals surface area contributed by atoms with Gasteiger partial charge in [-0.3, -0.25) is 9.59 Å². The third-order valence-electron chi connectivity index (χ3n) is 3.20. The summed E-state index contributed by atoms with van der Waals surface area (Å²) in [4.78, 5) is 23.1. The Balaban J connectivity index is 1.95. The Kier molecular flexibility index (Phi) is 3.57. The molecule has 0 saturated heterocycles. The number of ketones is 1. The number of carbonyl (C=O) groups is 2. The molecule has 1 aromatic carbocycles. The maximum atomic E-state index is 12.0. The van der Waals surface area contributed by atoms with Crippen LogP contribution in [-0.4, -0.2) is 11.7 Å². The van der Waals surface area contributed by atoms with Gasteiger partial charge in [-0.15, -0.1) is 0 Å². The first-order valence-electron chi connectivity index (χ1n) is 6.04. The van der Waals surface area contributed by atoms with Gasteiger partial charge < -0.3 is 5.32 Å². The molecule has 3 nitrogen and oxygen atoms in total. The molecule has 90 valence electrons. The van der Waals surface area contributed by atoms with Crippen LogP contribution in [0.25, 0.3) is 0 Å². The normalized spacial score (nSPS) is 16.9. The van der Waals surface area contributed by atoms with Crippen molar-refractivity contribution in [3.63, 3.8) is 0 Å². The van der Waals surface area contributed by atoms with E-state index < -0.39 is 0 Å². The number of amides is 1. The Bertz CT molecular complexity index is 430. The highest BCUT2D eigenvalue weighted by molar-refractivity contribution is 5.94. The van der Waals surface area contributed by atoms with Gasteiger partial charge in [0.05, 0.1) is 0 Å². The van der Waals surface area contributed by atoms with Crippen molar-refractivity contribution in [2.75, 3.05) is 5.32 Å². The summed E-state index contributed by atoms with van der Waals surface area (Å²) in [5.41, 5.74) is 1.97. The van der Waals surface area contributed by atoms with E-state index in [9.17, 15) is 9.59 Å². The summed E-state index contributed by atoms with van der Waals surface area (Å²) in [6, 6.07) is 7.76. The van der Waals surface area contributed by atoms with Gasteiger partial charge in [0.25, 0.3) is 0 Å². The van der Waals surface area contributed by atoms with Crippen LogP contribution in [0.5, 0.6) is 0 Å². The average molecular weight is 231 g/mol. The minimum Gasteiger partial charge on any atom is -0.326 e. The molecule has 0 aromatic heterocycles. The third kappa shape index (κ3) is 3.16. The van der Waals surface area contributed by atoms with Crippen molar-refractivity contribution in [3.05, 3.63) is 29.8 Å². The molecule has 1 aliphatic carbocycles. The van der Waals surface area contributed by atoms with Crippen LogP contribution in [0, 0.1) is 12.8 Å². The molecule has 1 aliphatic rings. The smallest absolute Gasteiger partial charge is 0.227 e. The Morgan fingerprint density at radius 3 is 2.65 bits per heavy atom. The molecular formula is C14H17NO2. The number of rotatable bonds is 2. The Labute approximate surface area is 101 Å². The van der Waals surface area contributed by atoms with Gasteiger partial charge in [-0.2, -0.15) is 0 Å². The fraction of sp³-hybridized carbons (Fsp3) is 0.429. The monoisotopic (exact) mass is 231 g/mol. The zero-order valence-electron chi connectivity index (χ0n) is 10.0. The molecule has 1 fully saturated rings. The van der Waals surface area contributed by atoms with Gasteiger partial charge >= 0.3 is 0 Å². The second-order valence-electron chi connectivity index (χ2n) is 4.67. The van der Waals surface area contributed by atoms with Crippen LogP contribution in [0.4, 0.5) is 5.69 Å². The lowest BCUT2D eigenvalue weighted by atomic mass is 9.88. The standard InChI is InChI=1S/C14H17NO2/c1-10-3-2-4-12(9-10)15-14(17)11-5-7-13(16)8-6-11/h2-4,9,11H,5-8H2,1H3,(H,15,17). The van der Waals surface area contributed by atoms with E-state index in [1.54, 1.807) is 0 Å². The molecular weight excluding hydrogens is 214 g/mol. The van der Waals surface area contributed by atoms with E-state index in [0.29, 0.717) is 25.7 Å². The minimum atomic E-state index is -0.00628. The Morgan fingerprint density at radius 2 is 2.00 bits per heavy atom. The van der Waals surface area contributed by atoms with Crippen LogP contribution in [0.15, 0.2) is 24.3 Å². The lowest BCUT2D eigenvalue weighted by Gasteiger charge is -2.20. The molecule has 17 heavy (non-hydrogen) atoms. The predicted molar refractivity (Wildman–Crippen MR) is 66.8 cm³/mol.